The molecule has 0 amide bonds. The van der Waals surface area contributed by atoms with Gasteiger partial charge < -0.3 is 19.5 Å². The number of ether oxygens (including phenoxy) is 2. The Bertz CT molecular complexity index is 1280. The summed E-state index contributed by atoms with van der Waals surface area (Å²) in [6.07, 6.45) is 7.18. The third-order valence-corrected chi connectivity index (χ3v) is 8.26. The molecule has 0 saturated carbocycles. The van der Waals surface area contributed by atoms with Gasteiger partial charge in [-0.2, -0.15) is 5.10 Å². The molecule has 0 radical (unpaired) electrons. The van der Waals surface area contributed by atoms with E-state index >= 15 is 0 Å². The van der Waals surface area contributed by atoms with E-state index < -0.39 is 0 Å². The molecule has 3 aliphatic rings. The van der Waals surface area contributed by atoms with Crippen LogP contribution < -0.4 is 4.90 Å². The van der Waals surface area contributed by atoms with Crippen LogP contribution in [0.3, 0.4) is 0 Å². The van der Waals surface area contributed by atoms with Gasteiger partial charge in [0.1, 0.15) is 5.76 Å². The second-order valence-corrected chi connectivity index (χ2v) is 10.9. The third kappa shape index (κ3) is 5.29. The van der Waals surface area contributed by atoms with E-state index in [4.69, 9.17) is 14.6 Å². The molecule has 2 aliphatic heterocycles. The summed E-state index contributed by atoms with van der Waals surface area (Å²) < 4.78 is 13.3. The SMILES string of the molecule is CCN(c1c(C)c(C(=O)CCC2=C(O)C=C(C)CC2=O)cc2c1cnn2CC1CCOC1)C1CCOCC1. The Balaban J connectivity index is 1.53. The Morgan fingerprint density at radius 3 is 2.63 bits per heavy atom. The minimum atomic E-state index is -0.100. The topological polar surface area (TPSA) is 93.9 Å². The number of rotatable bonds is 9. The fourth-order valence-corrected chi connectivity index (χ4v) is 6.19. The first-order valence-corrected chi connectivity index (χ1v) is 13.9. The molecule has 1 aromatic carbocycles. The first-order chi connectivity index (χ1) is 18.4. The summed E-state index contributed by atoms with van der Waals surface area (Å²) in [6, 6.07) is 2.32. The van der Waals surface area contributed by atoms with Crippen molar-refractivity contribution < 1.29 is 24.2 Å². The molecular formula is C30H39N3O5. The second-order valence-electron chi connectivity index (χ2n) is 10.9. The van der Waals surface area contributed by atoms with Crippen molar-refractivity contribution in [1.29, 1.82) is 0 Å². The predicted octanol–water partition coefficient (Wildman–Crippen LogP) is 5.08. The lowest BCUT2D eigenvalue weighted by molar-refractivity contribution is -0.115. The summed E-state index contributed by atoms with van der Waals surface area (Å²) >= 11 is 0. The van der Waals surface area contributed by atoms with Crippen LogP contribution >= 0.6 is 0 Å². The van der Waals surface area contributed by atoms with E-state index in [1.165, 1.54) is 0 Å². The molecule has 1 atom stereocenters. The molecule has 1 unspecified atom stereocenters. The van der Waals surface area contributed by atoms with Crippen LogP contribution in [0.5, 0.6) is 0 Å². The molecule has 1 N–H and O–H groups in total. The summed E-state index contributed by atoms with van der Waals surface area (Å²) in [6.45, 7) is 10.6. The van der Waals surface area contributed by atoms with Crippen LogP contribution in [0.15, 0.2) is 35.2 Å². The maximum atomic E-state index is 13.7. The number of nitrogens with zero attached hydrogens (tertiary/aromatic N) is 3. The number of aliphatic hydroxyl groups excluding tert-OH is 1. The first-order valence-electron chi connectivity index (χ1n) is 13.9. The van der Waals surface area contributed by atoms with E-state index in [1.54, 1.807) is 6.08 Å². The van der Waals surface area contributed by atoms with Crippen molar-refractivity contribution in [3.05, 3.63) is 46.4 Å². The van der Waals surface area contributed by atoms with Gasteiger partial charge in [0.2, 0.25) is 0 Å². The molecular weight excluding hydrogens is 482 g/mol. The maximum Gasteiger partial charge on any atom is 0.166 e. The second kappa shape index (κ2) is 11.4. The zero-order chi connectivity index (χ0) is 26.8. The average molecular weight is 522 g/mol. The number of carbonyl (C=O) groups excluding carboxylic acids is 2. The summed E-state index contributed by atoms with van der Waals surface area (Å²) in [5.74, 6) is 0.276. The minimum Gasteiger partial charge on any atom is -0.508 e. The summed E-state index contributed by atoms with van der Waals surface area (Å²) in [4.78, 5) is 28.7. The zero-order valence-electron chi connectivity index (χ0n) is 22.8. The van der Waals surface area contributed by atoms with Gasteiger partial charge in [0, 0.05) is 74.2 Å². The van der Waals surface area contributed by atoms with Crippen molar-refractivity contribution in [3.63, 3.8) is 0 Å². The van der Waals surface area contributed by atoms with E-state index in [1.807, 2.05) is 30.8 Å². The van der Waals surface area contributed by atoms with Crippen LogP contribution in [-0.4, -0.2) is 65.5 Å². The van der Waals surface area contributed by atoms with E-state index in [0.29, 0.717) is 29.5 Å². The molecule has 204 valence electrons. The molecule has 3 heterocycles. The normalized spacial score (nSPS) is 20.9. The number of anilines is 1. The van der Waals surface area contributed by atoms with Gasteiger partial charge in [-0.05, 0) is 64.2 Å². The molecule has 38 heavy (non-hydrogen) atoms. The molecule has 0 spiro atoms. The predicted molar refractivity (Wildman–Crippen MR) is 147 cm³/mol. The third-order valence-electron chi connectivity index (χ3n) is 8.26. The molecule has 1 aliphatic carbocycles. The van der Waals surface area contributed by atoms with Crippen LogP contribution in [0.25, 0.3) is 10.9 Å². The molecule has 2 saturated heterocycles. The maximum absolute atomic E-state index is 13.7. The number of aliphatic hydroxyl groups is 1. The fourth-order valence-electron chi connectivity index (χ4n) is 6.19. The monoisotopic (exact) mass is 521 g/mol. The van der Waals surface area contributed by atoms with Gasteiger partial charge in [-0.25, -0.2) is 0 Å². The Morgan fingerprint density at radius 1 is 1.18 bits per heavy atom. The smallest absolute Gasteiger partial charge is 0.166 e. The number of ketones is 2. The summed E-state index contributed by atoms with van der Waals surface area (Å²) in [5.41, 5.74) is 4.83. The van der Waals surface area contributed by atoms with E-state index in [-0.39, 0.29) is 30.2 Å². The molecule has 5 rings (SSSR count). The van der Waals surface area contributed by atoms with Crippen LogP contribution in [-0.2, 0) is 20.8 Å². The number of aromatic nitrogens is 2. The van der Waals surface area contributed by atoms with Gasteiger partial charge in [-0.1, -0.05) is 5.57 Å². The lowest BCUT2D eigenvalue weighted by Crippen LogP contribution is -2.40. The van der Waals surface area contributed by atoms with E-state index in [0.717, 1.165) is 86.5 Å². The number of allylic oxidation sites excluding steroid dienone is 3. The molecule has 8 nitrogen and oxygen atoms in total. The Kier molecular flexibility index (Phi) is 8.00. The Morgan fingerprint density at radius 2 is 1.95 bits per heavy atom. The number of hydrogen-bond acceptors (Lipinski definition) is 7. The van der Waals surface area contributed by atoms with Gasteiger partial charge in [-0.15, -0.1) is 0 Å². The summed E-state index contributed by atoms with van der Waals surface area (Å²) in [5, 5.41) is 16.2. The quantitative estimate of drug-likeness (QED) is 0.460. The Labute approximate surface area is 224 Å². The lowest BCUT2D eigenvalue weighted by Gasteiger charge is -2.37. The number of Topliss-reactive ketones (excluding diaryl/α,β-unsaturated/α-hetero) is 2. The van der Waals surface area contributed by atoms with Gasteiger partial charge in [0.05, 0.1) is 24.0 Å². The first kappa shape index (κ1) is 26.6. The highest BCUT2D eigenvalue weighted by Crippen LogP contribution is 2.37. The van der Waals surface area contributed by atoms with Crippen molar-refractivity contribution in [2.75, 3.05) is 37.9 Å². The number of benzene rings is 1. The van der Waals surface area contributed by atoms with Crippen LogP contribution in [0.1, 0.15) is 68.3 Å². The van der Waals surface area contributed by atoms with Gasteiger partial charge >= 0.3 is 0 Å². The highest BCUT2D eigenvalue weighted by Gasteiger charge is 2.28. The van der Waals surface area contributed by atoms with Crippen molar-refractivity contribution in [2.45, 2.75) is 71.9 Å². The molecule has 8 heteroatoms. The fraction of sp³-hybridized carbons (Fsp3) is 0.567. The average Bonchev–Trinajstić information content (AvgIpc) is 3.55. The van der Waals surface area contributed by atoms with Crippen LogP contribution in [0.2, 0.25) is 0 Å². The standard InChI is InChI=1S/C30H39N3O5/c1-4-32(22-8-11-37-12-9-22)30-20(3)24(27(34)6-5-23-28(35)13-19(2)14-29(23)36)15-26-25(30)16-31-33(26)17-21-7-10-38-18-21/h13,15-16,21-22,35H,4-12,14,17-18H2,1-3H3. The van der Waals surface area contributed by atoms with Gasteiger partial charge in [0.15, 0.2) is 11.6 Å². The van der Waals surface area contributed by atoms with E-state index in [9.17, 15) is 14.7 Å². The van der Waals surface area contributed by atoms with E-state index in [2.05, 4.69) is 11.8 Å². The Hall–Kier alpha value is -2.97. The molecule has 2 fully saturated rings. The highest BCUT2D eigenvalue weighted by molar-refractivity contribution is 6.07. The minimum absolute atomic E-state index is 0.00653. The van der Waals surface area contributed by atoms with Crippen molar-refractivity contribution >= 4 is 28.2 Å². The van der Waals surface area contributed by atoms with Gasteiger partial charge in [0.25, 0.3) is 0 Å². The van der Waals surface area contributed by atoms with Crippen molar-refractivity contribution in [1.82, 2.24) is 9.78 Å². The molecule has 0 bridgehead atoms. The number of hydrogen-bond donors (Lipinski definition) is 1. The molecule has 1 aromatic heterocycles. The number of carbonyl (C=O) groups is 2. The van der Waals surface area contributed by atoms with Crippen LogP contribution in [0, 0.1) is 12.8 Å². The zero-order valence-corrected chi connectivity index (χ0v) is 22.8. The number of fused-ring (bicyclic) bond motifs is 1. The molecule has 2 aromatic rings. The lowest BCUT2D eigenvalue weighted by atomic mass is 9.90. The van der Waals surface area contributed by atoms with Crippen LogP contribution in [0.4, 0.5) is 5.69 Å². The van der Waals surface area contributed by atoms with Crippen molar-refractivity contribution in [2.24, 2.45) is 5.92 Å². The summed E-state index contributed by atoms with van der Waals surface area (Å²) in [7, 11) is 0. The van der Waals surface area contributed by atoms with Crippen molar-refractivity contribution in [3.8, 4) is 0 Å². The highest BCUT2D eigenvalue weighted by atomic mass is 16.5. The van der Waals surface area contributed by atoms with Gasteiger partial charge in [-0.3, -0.25) is 14.3 Å². The largest absolute Gasteiger partial charge is 0.508 e.